The lowest BCUT2D eigenvalue weighted by Crippen LogP contribution is -2.40. The first-order valence-electron chi connectivity index (χ1n) is 4.98. The molecule has 0 unspecified atom stereocenters. The van der Waals surface area contributed by atoms with Crippen LogP contribution in [0.4, 0.5) is 5.82 Å². The topological polar surface area (TPSA) is 47.0 Å². The summed E-state index contributed by atoms with van der Waals surface area (Å²) < 4.78 is 5.03. The van der Waals surface area contributed by atoms with Gasteiger partial charge in [-0.3, -0.25) is 0 Å². The molecule has 0 bridgehead atoms. The van der Waals surface area contributed by atoms with E-state index in [9.17, 15) is 0 Å². The van der Waals surface area contributed by atoms with Gasteiger partial charge in [-0.15, -0.1) is 5.10 Å². The summed E-state index contributed by atoms with van der Waals surface area (Å²) in [5, 5.41) is 11.0. The van der Waals surface area contributed by atoms with Gasteiger partial charge >= 0.3 is 0 Å². The quantitative estimate of drug-likeness (QED) is 0.779. The van der Waals surface area contributed by atoms with Gasteiger partial charge in [-0.25, -0.2) is 0 Å². The maximum Gasteiger partial charge on any atom is 0.149 e. The minimum absolute atomic E-state index is 0.418. The number of rotatable bonds is 2. The summed E-state index contributed by atoms with van der Waals surface area (Å²) in [6.45, 7) is 7.54. The monoisotopic (exact) mass is 195 g/mol. The Kier molecular flexibility index (Phi) is 4.32. The van der Waals surface area contributed by atoms with Crippen LogP contribution in [0.15, 0.2) is 12.3 Å². The Morgan fingerprint density at radius 3 is 2.64 bits per heavy atom. The number of nitrogens with zero attached hydrogens (tertiary/aromatic N) is 2. The van der Waals surface area contributed by atoms with Crippen LogP contribution in [-0.2, 0) is 4.74 Å². The van der Waals surface area contributed by atoms with Gasteiger partial charge in [-0.1, -0.05) is 13.8 Å². The number of nitrogens with one attached hydrogen (secondary N) is 1. The summed E-state index contributed by atoms with van der Waals surface area (Å²) >= 11 is 0. The Hall–Kier alpha value is -1.16. The van der Waals surface area contributed by atoms with E-state index in [4.69, 9.17) is 4.74 Å². The first kappa shape index (κ1) is 10.9. The van der Waals surface area contributed by atoms with Crippen LogP contribution in [0.1, 0.15) is 19.4 Å². The van der Waals surface area contributed by atoms with Gasteiger partial charge in [-0.05, 0) is 18.6 Å². The first-order valence-corrected chi connectivity index (χ1v) is 4.98. The third kappa shape index (κ3) is 2.96. The van der Waals surface area contributed by atoms with Gasteiger partial charge in [0.05, 0.1) is 25.5 Å². The Morgan fingerprint density at radius 2 is 2.14 bits per heavy atom. The molecule has 4 heteroatoms. The maximum atomic E-state index is 5.03. The molecule has 1 fully saturated rings. The third-order valence-electron chi connectivity index (χ3n) is 1.78. The van der Waals surface area contributed by atoms with Crippen molar-refractivity contribution in [2.24, 2.45) is 0 Å². The number of hydrogen-bond donors (Lipinski definition) is 1. The fourth-order valence-electron chi connectivity index (χ4n) is 1.06. The first-order chi connectivity index (χ1) is 6.84. The zero-order valence-corrected chi connectivity index (χ0v) is 8.95. The van der Waals surface area contributed by atoms with Crippen molar-refractivity contribution >= 4 is 5.82 Å². The molecule has 1 saturated heterocycles. The Labute approximate surface area is 84.7 Å². The highest BCUT2D eigenvalue weighted by atomic mass is 16.5. The lowest BCUT2D eigenvalue weighted by molar-refractivity contribution is 0.0209. The zero-order valence-electron chi connectivity index (χ0n) is 8.95. The second-order valence-electron chi connectivity index (χ2n) is 3.00. The van der Waals surface area contributed by atoms with Crippen molar-refractivity contribution in [3.8, 4) is 0 Å². The molecule has 0 spiro atoms. The van der Waals surface area contributed by atoms with Crippen LogP contribution in [-0.4, -0.2) is 29.5 Å². The number of aromatic nitrogens is 2. The van der Waals surface area contributed by atoms with E-state index in [0.29, 0.717) is 6.04 Å². The standard InChI is InChI=1S/C8H11N3O.C2H6/c1-6-2-8(11-9-3-6)10-7-4-12-5-7;1-2/h2-3,7H,4-5H2,1H3,(H,10,11);1-2H3. The van der Waals surface area contributed by atoms with Crippen molar-refractivity contribution in [2.75, 3.05) is 18.5 Å². The molecule has 14 heavy (non-hydrogen) atoms. The molecule has 1 aliphatic heterocycles. The summed E-state index contributed by atoms with van der Waals surface area (Å²) in [5.41, 5.74) is 1.12. The second kappa shape index (κ2) is 5.54. The van der Waals surface area contributed by atoms with Crippen molar-refractivity contribution in [1.82, 2.24) is 10.2 Å². The van der Waals surface area contributed by atoms with E-state index in [1.54, 1.807) is 6.20 Å². The molecular formula is C10H17N3O. The number of anilines is 1. The van der Waals surface area contributed by atoms with Crippen LogP contribution in [0.2, 0.25) is 0 Å². The van der Waals surface area contributed by atoms with Crippen LogP contribution in [0.5, 0.6) is 0 Å². The predicted octanol–water partition coefficient (Wildman–Crippen LogP) is 1.62. The van der Waals surface area contributed by atoms with Crippen LogP contribution in [0.3, 0.4) is 0 Å². The summed E-state index contributed by atoms with van der Waals surface area (Å²) in [7, 11) is 0. The molecular weight excluding hydrogens is 178 g/mol. The molecule has 0 atom stereocenters. The molecule has 1 N–H and O–H groups in total. The fourth-order valence-corrected chi connectivity index (χ4v) is 1.06. The highest BCUT2D eigenvalue weighted by Gasteiger charge is 2.17. The van der Waals surface area contributed by atoms with Gasteiger partial charge < -0.3 is 10.1 Å². The zero-order chi connectivity index (χ0) is 10.4. The molecule has 4 nitrogen and oxygen atoms in total. The summed E-state index contributed by atoms with van der Waals surface area (Å²) in [6, 6.07) is 2.40. The molecule has 1 aromatic rings. The Balaban J connectivity index is 0.000000461. The Morgan fingerprint density at radius 1 is 1.43 bits per heavy atom. The largest absolute Gasteiger partial charge is 0.377 e. The smallest absolute Gasteiger partial charge is 0.149 e. The SMILES string of the molecule is CC.Cc1cnnc(NC2COC2)c1. The predicted molar refractivity (Wildman–Crippen MR) is 56.3 cm³/mol. The van der Waals surface area contributed by atoms with Gasteiger partial charge in [0.2, 0.25) is 0 Å². The molecule has 0 radical (unpaired) electrons. The number of aryl methyl sites for hydroxylation is 1. The average Bonchev–Trinajstić information content (AvgIpc) is 2.15. The molecule has 0 aromatic carbocycles. The van der Waals surface area contributed by atoms with Crippen LogP contribution in [0.25, 0.3) is 0 Å². The molecule has 2 rings (SSSR count). The van der Waals surface area contributed by atoms with E-state index >= 15 is 0 Å². The molecule has 1 aliphatic rings. The molecule has 1 aromatic heterocycles. The van der Waals surface area contributed by atoms with Crippen LogP contribution < -0.4 is 5.32 Å². The van der Waals surface area contributed by atoms with Gasteiger partial charge in [0.15, 0.2) is 0 Å². The molecule has 78 valence electrons. The third-order valence-corrected chi connectivity index (χ3v) is 1.78. The van der Waals surface area contributed by atoms with Crippen molar-refractivity contribution in [3.63, 3.8) is 0 Å². The van der Waals surface area contributed by atoms with Crippen molar-refractivity contribution in [1.29, 1.82) is 0 Å². The normalized spacial score (nSPS) is 15.1. The molecule has 0 saturated carbocycles. The van der Waals surface area contributed by atoms with E-state index in [-0.39, 0.29) is 0 Å². The van der Waals surface area contributed by atoms with Gasteiger partial charge in [0.25, 0.3) is 0 Å². The summed E-state index contributed by atoms with van der Waals surface area (Å²) in [4.78, 5) is 0. The van der Waals surface area contributed by atoms with E-state index in [2.05, 4.69) is 15.5 Å². The summed E-state index contributed by atoms with van der Waals surface area (Å²) in [5.74, 6) is 0.836. The van der Waals surface area contributed by atoms with Crippen molar-refractivity contribution in [2.45, 2.75) is 26.8 Å². The average molecular weight is 195 g/mol. The lowest BCUT2D eigenvalue weighted by Gasteiger charge is -2.26. The van der Waals surface area contributed by atoms with Gasteiger partial charge in [-0.2, -0.15) is 5.10 Å². The van der Waals surface area contributed by atoms with E-state index < -0.39 is 0 Å². The molecule has 2 heterocycles. The lowest BCUT2D eigenvalue weighted by atomic mass is 10.2. The van der Waals surface area contributed by atoms with E-state index in [1.165, 1.54) is 0 Å². The highest BCUT2D eigenvalue weighted by molar-refractivity contribution is 5.36. The highest BCUT2D eigenvalue weighted by Crippen LogP contribution is 2.09. The van der Waals surface area contributed by atoms with Crippen LogP contribution >= 0.6 is 0 Å². The summed E-state index contributed by atoms with van der Waals surface area (Å²) in [6.07, 6.45) is 1.74. The van der Waals surface area contributed by atoms with Crippen molar-refractivity contribution < 1.29 is 4.74 Å². The molecule has 0 amide bonds. The minimum Gasteiger partial charge on any atom is -0.377 e. The van der Waals surface area contributed by atoms with E-state index in [1.807, 2.05) is 26.8 Å². The van der Waals surface area contributed by atoms with Crippen LogP contribution in [0, 0.1) is 6.92 Å². The minimum atomic E-state index is 0.418. The second-order valence-corrected chi connectivity index (χ2v) is 3.00. The van der Waals surface area contributed by atoms with Gasteiger partial charge in [0.1, 0.15) is 5.82 Å². The van der Waals surface area contributed by atoms with E-state index in [0.717, 1.165) is 24.6 Å². The fraction of sp³-hybridized carbons (Fsp3) is 0.600. The number of ether oxygens (including phenoxy) is 1. The maximum absolute atomic E-state index is 5.03. The molecule has 0 aliphatic carbocycles. The van der Waals surface area contributed by atoms with Crippen molar-refractivity contribution in [3.05, 3.63) is 17.8 Å². The number of hydrogen-bond acceptors (Lipinski definition) is 4. The Bertz CT molecular complexity index is 274. The van der Waals surface area contributed by atoms with Gasteiger partial charge in [0, 0.05) is 0 Å².